The van der Waals surface area contributed by atoms with E-state index in [0.29, 0.717) is 18.7 Å². The zero-order chi connectivity index (χ0) is 23.8. The van der Waals surface area contributed by atoms with Crippen molar-refractivity contribution in [1.82, 2.24) is 14.9 Å². The number of ether oxygens (including phenoxy) is 1. The van der Waals surface area contributed by atoms with E-state index < -0.39 is 0 Å². The molecule has 1 fully saturated rings. The van der Waals surface area contributed by atoms with Crippen molar-refractivity contribution in [2.45, 2.75) is 52.4 Å². The Kier molecular flexibility index (Phi) is 8.75. The van der Waals surface area contributed by atoms with Crippen molar-refractivity contribution >= 4 is 0 Å². The molecule has 0 spiro atoms. The van der Waals surface area contributed by atoms with Crippen molar-refractivity contribution in [2.24, 2.45) is 0 Å². The Morgan fingerprint density at radius 3 is 2.03 bits per heavy atom. The van der Waals surface area contributed by atoms with Crippen LogP contribution in [0.3, 0.4) is 0 Å². The molecule has 0 saturated carbocycles. The molecule has 1 aliphatic rings. The van der Waals surface area contributed by atoms with E-state index in [1.54, 1.807) is 0 Å². The third-order valence-corrected chi connectivity index (χ3v) is 6.97. The minimum absolute atomic E-state index is 0.370. The maximum Gasteiger partial charge on any atom is 0.119 e. The fourth-order valence-electron chi connectivity index (χ4n) is 5.24. The zero-order valence-electron chi connectivity index (χ0n) is 20.9. The van der Waals surface area contributed by atoms with Crippen molar-refractivity contribution in [3.63, 3.8) is 0 Å². The Balaban J connectivity index is 1.49. The highest BCUT2D eigenvalue weighted by Crippen LogP contribution is 2.35. The molecule has 1 heterocycles. The summed E-state index contributed by atoms with van der Waals surface area (Å²) in [5.41, 5.74) is 3.93. The number of nitrogens with zero attached hydrogens (tertiary/aromatic N) is 3. The summed E-state index contributed by atoms with van der Waals surface area (Å²) in [6.07, 6.45) is 1.12. The number of benzene rings is 3. The molecule has 1 saturated heterocycles. The van der Waals surface area contributed by atoms with Gasteiger partial charge >= 0.3 is 0 Å². The Bertz CT molecular complexity index is 973. The number of hydrogen-bond acceptors (Lipinski definition) is 4. The van der Waals surface area contributed by atoms with Gasteiger partial charge in [-0.3, -0.25) is 4.90 Å². The summed E-state index contributed by atoms with van der Waals surface area (Å²) in [6.45, 7) is 12.6. The first-order valence-corrected chi connectivity index (χ1v) is 12.8. The molecule has 4 rings (SSSR count). The van der Waals surface area contributed by atoms with Crippen LogP contribution in [0.25, 0.3) is 0 Å². The highest BCUT2D eigenvalue weighted by Gasteiger charge is 2.38. The van der Waals surface area contributed by atoms with Crippen molar-refractivity contribution in [2.75, 3.05) is 26.2 Å². The summed E-state index contributed by atoms with van der Waals surface area (Å²) in [6, 6.07) is 30.9. The van der Waals surface area contributed by atoms with E-state index in [2.05, 4.69) is 115 Å². The summed E-state index contributed by atoms with van der Waals surface area (Å²) in [5, 5.41) is 5.15. The number of piperazine rings is 1. The summed E-state index contributed by atoms with van der Waals surface area (Å²) in [4.78, 5) is 2.67. The van der Waals surface area contributed by atoms with Gasteiger partial charge in [0, 0.05) is 38.8 Å². The van der Waals surface area contributed by atoms with E-state index >= 15 is 0 Å². The van der Waals surface area contributed by atoms with E-state index in [1.807, 2.05) is 6.07 Å². The molecule has 3 aromatic rings. The molecular formula is C30H39N3O. The first-order chi connectivity index (χ1) is 16.7. The molecule has 3 aromatic carbocycles. The average molecular weight is 458 g/mol. The van der Waals surface area contributed by atoms with Crippen molar-refractivity contribution in [3.05, 3.63) is 102 Å². The quantitative estimate of drug-likeness (QED) is 0.363. The number of hydrazine groups is 1. The molecule has 2 atom stereocenters. The minimum Gasteiger partial charge on any atom is -0.489 e. The molecule has 0 radical (unpaired) electrons. The fourth-order valence-corrected chi connectivity index (χ4v) is 5.24. The lowest BCUT2D eigenvalue weighted by Gasteiger charge is -2.51. The van der Waals surface area contributed by atoms with E-state index in [0.717, 1.165) is 44.9 Å². The topological polar surface area (TPSA) is 19.0 Å². The third-order valence-electron chi connectivity index (χ3n) is 6.97. The van der Waals surface area contributed by atoms with Gasteiger partial charge in [-0.2, -0.15) is 0 Å². The van der Waals surface area contributed by atoms with E-state index in [-0.39, 0.29) is 0 Å². The monoisotopic (exact) mass is 457 g/mol. The molecular weight excluding hydrogens is 418 g/mol. The van der Waals surface area contributed by atoms with Gasteiger partial charge in [-0.25, -0.2) is 10.0 Å². The fraction of sp³-hybridized carbons (Fsp3) is 0.400. The van der Waals surface area contributed by atoms with Gasteiger partial charge in [0.1, 0.15) is 12.4 Å². The van der Waals surface area contributed by atoms with Crippen LogP contribution >= 0.6 is 0 Å². The molecule has 0 bridgehead atoms. The lowest BCUT2D eigenvalue weighted by Crippen LogP contribution is -2.60. The van der Waals surface area contributed by atoms with Crippen molar-refractivity contribution in [1.29, 1.82) is 0 Å². The predicted molar refractivity (Wildman–Crippen MR) is 141 cm³/mol. The van der Waals surface area contributed by atoms with Crippen LogP contribution < -0.4 is 4.74 Å². The molecule has 180 valence electrons. The second-order valence-corrected chi connectivity index (χ2v) is 9.02. The highest BCUT2D eigenvalue weighted by molar-refractivity contribution is 5.29. The standard InChI is InChI=1S/C30H39N3O/c1-4-29-30(27-15-11-8-12-16-27)31(21-22-33(29)32(5-2)6-3)23-25-17-19-28(20-18-25)34-24-26-13-9-7-10-14-26/h7-20,29-30H,4-6,21-24H2,1-3H3. The van der Waals surface area contributed by atoms with Crippen LogP contribution in [-0.4, -0.2) is 47.1 Å². The molecule has 2 unspecified atom stereocenters. The van der Waals surface area contributed by atoms with Gasteiger partial charge in [0.05, 0.1) is 6.04 Å². The highest BCUT2D eigenvalue weighted by atomic mass is 16.5. The lowest BCUT2D eigenvalue weighted by molar-refractivity contribution is -0.119. The van der Waals surface area contributed by atoms with Gasteiger partial charge in [0.15, 0.2) is 0 Å². The SMILES string of the molecule is CCC1C(c2ccccc2)N(Cc2ccc(OCc3ccccc3)cc2)CCN1N(CC)CC. The molecule has 0 N–H and O–H groups in total. The van der Waals surface area contributed by atoms with Crippen LogP contribution in [0, 0.1) is 0 Å². The van der Waals surface area contributed by atoms with Crippen molar-refractivity contribution < 1.29 is 4.74 Å². The summed E-state index contributed by atoms with van der Waals surface area (Å²) in [7, 11) is 0. The third kappa shape index (κ3) is 5.87. The Labute approximate surface area is 205 Å². The van der Waals surface area contributed by atoms with Gasteiger partial charge < -0.3 is 4.74 Å². The van der Waals surface area contributed by atoms with Crippen molar-refractivity contribution in [3.8, 4) is 5.75 Å². The maximum absolute atomic E-state index is 6.00. The molecule has 1 aliphatic heterocycles. The second kappa shape index (κ2) is 12.2. The summed E-state index contributed by atoms with van der Waals surface area (Å²) >= 11 is 0. The smallest absolute Gasteiger partial charge is 0.119 e. The maximum atomic E-state index is 6.00. The lowest BCUT2D eigenvalue weighted by atomic mass is 9.92. The largest absolute Gasteiger partial charge is 0.489 e. The van der Waals surface area contributed by atoms with Gasteiger partial charge in [-0.15, -0.1) is 0 Å². The van der Waals surface area contributed by atoms with Crippen LogP contribution in [-0.2, 0) is 13.2 Å². The predicted octanol–water partition coefficient (Wildman–Crippen LogP) is 6.16. The van der Waals surface area contributed by atoms with Crippen LogP contribution in [0.5, 0.6) is 5.75 Å². The molecule has 4 heteroatoms. The van der Waals surface area contributed by atoms with Crippen LogP contribution in [0.15, 0.2) is 84.9 Å². The van der Waals surface area contributed by atoms with E-state index in [1.165, 1.54) is 16.7 Å². The van der Waals surface area contributed by atoms with Gasteiger partial charge in [0.2, 0.25) is 0 Å². The summed E-state index contributed by atoms with van der Waals surface area (Å²) in [5.74, 6) is 0.921. The molecule has 0 amide bonds. The minimum atomic E-state index is 0.370. The zero-order valence-corrected chi connectivity index (χ0v) is 20.9. The number of hydrogen-bond donors (Lipinski definition) is 0. The van der Waals surface area contributed by atoms with Crippen LogP contribution in [0.1, 0.15) is 49.9 Å². The first kappa shape index (κ1) is 24.5. The normalized spacial score (nSPS) is 19.4. The van der Waals surface area contributed by atoms with Gasteiger partial charge in [-0.05, 0) is 35.2 Å². The first-order valence-electron chi connectivity index (χ1n) is 12.8. The summed E-state index contributed by atoms with van der Waals surface area (Å²) < 4.78 is 6.00. The van der Waals surface area contributed by atoms with Gasteiger partial charge in [-0.1, -0.05) is 93.6 Å². The van der Waals surface area contributed by atoms with Crippen LogP contribution in [0.2, 0.25) is 0 Å². The van der Waals surface area contributed by atoms with E-state index in [9.17, 15) is 0 Å². The Hall–Kier alpha value is -2.66. The van der Waals surface area contributed by atoms with Crippen LogP contribution in [0.4, 0.5) is 0 Å². The second-order valence-electron chi connectivity index (χ2n) is 9.02. The average Bonchev–Trinajstić information content (AvgIpc) is 2.90. The molecule has 0 aromatic heterocycles. The Morgan fingerprint density at radius 2 is 1.41 bits per heavy atom. The molecule has 34 heavy (non-hydrogen) atoms. The number of rotatable bonds is 10. The van der Waals surface area contributed by atoms with Gasteiger partial charge in [0.25, 0.3) is 0 Å². The molecule has 0 aliphatic carbocycles. The molecule has 4 nitrogen and oxygen atoms in total. The Morgan fingerprint density at radius 1 is 0.765 bits per heavy atom. The van der Waals surface area contributed by atoms with E-state index in [4.69, 9.17) is 4.74 Å².